The Hall–Kier alpha value is -2.49. The number of carbonyl (C=O) groups is 3. The van der Waals surface area contributed by atoms with Crippen LogP contribution in [0.25, 0.3) is 0 Å². The molecule has 1 aromatic carbocycles. The van der Waals surface area contributed by atoms with Crippen LogP contribution in [-0.2, 0) is 19.1 Å². The number of amides is 1. The van der Waals surface area contributed by atoms with Gasteiger partial charge in [0.1, 0.15) is 12.4 Å². The number of ketones is 2. The topological polar surface area (TPSA) is 72.9 Å². The third-order valence-electron chi connectivity index (χ3n) is 5.38. The molecule has 0 bridgehead atoms. The smallest absolute Gasteiger partial charge is 0.226 e. The van der Waals surface area contributed by atoms with Crippen LogP contribution in [0.2, 0.25) is 0 Å². The Morgan fingerprint density at radius 1 is 0.939 bits per heavy atom. The summed E-state index contributed by atoms with van der Waals surface area (Å²) < 4.78 is 10.9. The van der Waals surface area contributed by atoms with Crippen molar-refractivity contribution in [3.63, 3.8) is 0 Å². The van der Waals surface area contributed by atoms with Crippen molar-refractivity contribution in [3.05, 3.63) is 35.9 Å². The number of ether oxygens (including phenoxy) is 2. The van der Waals surface area contributed by atoms with Gasteiger partial charge >= 0.3 is 0 Å². The Labute approximate surface area is 199 Å². The average Bonchev–Trinajstić information content (AvgIpc) is 2.80. The van der Waals surface area contributed by atoms with Crippen LogP contribution in [0, 0.1) is 29.6 Å². The van der Waals surface area contributed by atoms with Crippen LogP contribution in [0.1, 0.15) is 57.3 Å². The van der Waals surface area contributed by atoms with Crippen LogP contribution in [-0.4, -0.2) is 62.4 Å². The van der Waals surface area contributed by atoms with E-state index in [4.69, 9.17) is 9.47 Å². The predicted molar refractivity (Wildman–Crippen MR) is 130 cm³/mol. The molecule has 0 spiro atoms. The van der Waals surface area contributed by atoms with Gasteiger partial charge in [-0.05, 0) is 5.92 Å². The van der Waals surface area contributed by atoms with E-state index in [1.54, 1.807) is 24.1 Å². The largest absolute Gasteiger partial charge is 0.377 e. The van der Waals surface area contributed by atoms with Gasteiger partial charge in [-0.1, -0.05) is 63.9 Å². The number of hydrogen-bond acceptors (Lipinski definition) is 5. The van der Waals surface area contributed by atoms with E-state index >= 15 is 0 Å². The summed E-state index contributed by atoms with van der Waals surface area (Å²) in [7, 11) is 1.74. The zero-order valence-electron chi connectivity index (χ0n) is 20.8. The number of likely N-dealkylation sites (N-methyl/N-ethyl adjacent to an activating group) is 1. The number of nitrogens with zero attached hydrogens (tertiary/aromatic N) is 1. The lowest BCUT2D eigenvalue weighted by Gasteiger charge is -2.26. The quantitative estimate of drug-likeness (QED) is 0.226. The molecule has 0 aromatic heterocycles. The Balaban J connectivity index is 2.24. The number of carbonyl (C=O) groups excluding carboxylic acids is 3. The maximum absolute atomic E-state index is 12.9. The zero-order valence-corrected chi connectivity index (χ0v) is 20.8. The molecule has 6 heteroatoms. The minimum absolute atomic E-state index is 0.0148. The number of hydrogen-bond donors (Lipinski definition) is 0. The summed E-state index contributed by atoms with van der Waals surface area (Å²) in [6, 6.07) is 9.09. The second-order valence-corrected chi connectivity index (χ2v) is 8.74. The van der Waals surface area contributed by atoms with Crippen molar-refractivity contribution in [2.75, 3.05) is 40.0 Å². The fraction of sp³-hybridized carbons (Fsp3) is 0.593. The van der Waals surface area contributed by atoms with Gasteiger partial charge in [0.25, 0.3) is 0 Å². The molecule has 1 unspecified atom stereocenters. The lowest BCUT2D eigenvalue weighted by atomic mass is 9.87. The highest BCUT2D eigenvalue weighted by molar-refractivity contribution is 5.98. The standard InChI is InChI=1S/C27H39NO5/c1-21(2)24(20-26(30)23-12-8-6-9-13-23)27(31)28(5)15-17-33-19-18-32-16-11-7-10-14-25(29)22(3)4/h6,8-9,12-13,21-22,24H,10,14-20H2,1-5H3. The fourth-order valence-corrected chi connectivity index (χ4v) is 3.10. The Morgan fingerprint density at radius 2 is 1.61 bits per heavy atom. The molecule has 1 aromatic rings. The summed E-state index contributed by atoms with van der Waals surface area (Å²) in [5, 5.41) is 0. The van der Waals surface area contributed by atoms with Crippen LogP contribution in [0.4, 0.5) is 0 Å². The number of benzene rings is 1. The highest BCUT2D eigenvalue weighted by Crippen LogP contribution is 2.20. The summed E-state index contributed by atoms with van der Waals surface area (Å²) in [4.78, 5) is 38.6. The normalized spacial score (nSPS) is 11.7. The SMILES string of the molecule is CC(C)C(=O)CCC#CCOCCOCCN(C)C(=O)C(CC(=O)c1ccccc1)C(C)C. The third-order valence-corrected chi connectivity index (χ3v) is 5.38. The van der Waals surface area contributed by atoms with Gasteiger partial charge in [-0.2, -0.15) is 0 Å². The highest BCUT2D eigenvalue weighted by Gasteiger charge is 2.28. The molecule has 33 heavy (non-hydrogen) atoms. The molecule has 0 fully saturated rings. The molecule has 0 radical (unpaired) electrons. The molecular weight excluding hydrogens is 418 g/mol. The van der Waals surface area contributed by atoms with Crippen molar-refractivity contribution in [2.45, 2.75) is 47.0 Å². The molecule has 6 nitrogen and oxygen atoms in total. The molecule has 1 amide bonds. The van der Waals surface area contributed by atoms with Gasteiger partial charge in [0.05, 0.1) is 19.8 Å². The minimum Gasteiger partial charge on any atom is -0.377 e. The van der Waals surface area contributed by atoms with E-state index in [1.807, 2.05) is 45.9 Å². The summed E-state index contributed by atoms with van der Waals surface area (Å²) in [6.07, 6.45) is 1.25. The van der Waals surface area contributed by atoms with Crippen molar-refractivity contribution >= 4 is 17.5 Å². The maximum Gasteiger partial charge on any atom is 0.226 e. The first-order chi connectivity index (χ1) is 15.7. The summed E-state index contributed by atoms with van der Waals surface area (Å²) >= 11 is 0. The van der Waals surface area contributed by atoms with Crippen LogP contribution in [0.15, 0.2) is 30.3 Å². The molecule has 0 N–H and O–H groups in total. The minimum atomic E-state index is -0.361. The van der Waals surface area contributed by atoms with Crippen LogP contribution in [0.3, 0.4) is 0 Å². The molecule has 0 saturated heterocycles. The Morgan fingerprint density at radius 3 is 2.24 bits per heavy atom. The Bertz CT molecular complexity index is 792. The monoisotopic (exact) mass is 457 g/mol. The predicted octanol–water partition coefficient (Wildman–Crippen LogP) is 4.03. The zero-order chi connectivity index (χ0) is 24.6. The lowest BCUT2D eigenvalue weighted by Crippen LogP contribution is -2.38. The molecule has 0 aliphatic heterocycles. The first kappa shape index (κ1) is 28.5. The van der Waals surface area contributed by atoms with Crippen molar-refractivity contribution in [2.24, 2.45) is 17.8 Å². The molecule has 1 atom stereocenters. The van der Waals surface area contributed by atoms with E-state index in [2.05, 4.69) is 11.8 Å². The summed E-state index contributed by atoms with van der Waals surface area (Å²) in [6.45, 7) is 9.69. The van der Waals surface area contributed by atoms with Crippen molar-refractivity contribution in [1.29, 1.82) is 0 Å². The molecule has 1 rings (SSSR count). The van der Waals surface area contributed by atoms with E-state index in [-0.39, 0.29) is 41.6 Å². The van der Waals surface area contributed by atoms with Crippen LogP contribution < -0.4 is 0 Å². The van der Waals surface area contributed by atoms with Crippen molar-refractivity contribution in [1.82, 2.24) is 4.90 Å². The van der Waals surface area contributed by atoms with Gasteiger partial charge in [0, 0.05) is 50.3 Å². The summed E-state index contributed by atoms with van der Waals surface area (Å²) in [5.74, 6) is 5.76. The lowest BCUT2D eigenvalue weighted by molar-refractivity contribution is -0.136. The molecule has 0 aliphatic rings. The fourth-order valence-electron chi connectivity index (χ4n) is 3.10. The van der Waals surface area contributed by atoms with Gasteiger partial charge in [-0.3, -0.25) is 14.4 Å². The average molecular weight is 458 g/mol. The maximum atomic E-state index is 12.9. The number of rotatable bonds is 15. The second-order valence-electron chi connectivity index (χ2n) is 8.74. The van der Waals surface area contributed by atoms with Gasteiger partial charge in [-0.25, -0.2) is 0 Å². The summed E-state index contributed by atoms with van der Waals surface area (Å²) in [5.41, 5.74) is 0.635. The van der Waals surface area contributed by atoms with E-state index in [1.165, 1.54) is 0 Å². The van der Waals surface area contributed by atoms with Crippen LogP contribution in [0.5, 0.6) is 0 Å². The third kappa shape index (κ3) is 11.8. The number of Topliss-reactive ketones (excluding diaryl/α,β-unsaturated/α-hetero) is 2. The van der Waals surface area contributed by atoms with E-state index in [0.717, 1.165) is 0 Å². The molecule has 182 valence electrons. The second kappa shape index (κ2) is 16.2. The Kier molecular flexibility index (Phi) is 14.0. The van der Waals surface area contributed by atoms with Gasteiger partial charge in [-0.15, -0.1) is 5.92 Å². The van der Waals surface area contributed by atoms with Gasteiger partial charge in [0.15, 0.2) is 5.78 Å². The van der Waals surface area contributed by atoms with Gasteiger partial charge < -0.3 is 14.4 Å². The van der Waals surface area contributed by atoms with Crippen molar-refractivity contribution < 1.29 is 23.9 Å². The molecular formula is C27H39NO5. The van der Waals surface area contributed by atoms with E-state index in [0.29, 0.717) is 51.4 Å². The molecule has 0 saturated carbocycles. The van der Waals surface area contributed by atoms with E-state index < -0.39 is 0 Å². The highest BCUT2D eigenvalue weighted by atomic mass is 16.5. The van der Waals surface area contributed by atoms with Crippen molar-refractivity contribution in [3.8, 4) is 11.8 Å². The molecule has 0 aliphatic carbocycles. The first-order valence-corrected chi connectivity index (χ1v) is 11.7. The first-order valence-electron chi connectivity index (χ1n) is 11.7. The van der Waals surface area contributed by atoms with Crippen LogP contribution >= 0.6 is 0 Å². The molecule has 0 heterocycles. The van der Waals surface area contributed by atoms with Gasteiger partial charge in [0.2, 0.25) is 5.91 Å². The van der Waals surface area contributed by atoms with E-state index in [9.17, 15) is 14.4 Å².